The van der Waals surface area contributed by atoms with Gasteiger partial charge in [-0.2, -0.15) is 0 Å². The number of fused-ring (bicyclic) bond motifs is 1. The number of benzene rings is 2. The minimum Gasteiger partial charge on any atom is -0.486 e. The van der Waals surface area contributed by atoms with Gasteiger partial charge in [0.15, 0.2) is 11.5 Å². The van der Waals surface area contributed by atoms with Crippen LogP contribution in [0.1, 0.15) is 28.9 Å². The zero-order chi connectivity index (χ0) is 17.8. The molecular weight excluding hydrogens is 322 g/mol. The Hall–Kier alpha value is -3.02. The smallest absolute Gasteiger partial charge is 0.308 e. The third-order valence-electron chi connectivity index (χ3n) is 4.14. The Bertz CT molecular complexity index is 775. The maximum atomic E-state index is 12.6. The molecule has 2 aromatic rings. The molecule has 0 fully saturated rings. The van der Waals surface area contributed by atoms with Crippen LogP contribution >= 0.6 is 0 Å². The summed E-state index contributed by atoms with van der Waals surface area (Å²) in [6.07, 6.45) is 0. The SMILES string of the molecule is CC(C(=O)O)C(NC(=O)c1ccc2c(c1)OCCO2)c1ccccc1. The molecule has 0 saturated carbocycles. The van der Waals surface area contributed by atoms with E-state index >= 15 is 0 Å². The number of carboxylic acids is 1. The van der Waals surface area contributed by atoms with E-state index in [-0.39, 0.29) is 5.91 Å². The highest BCUT2D eigenvalue weighted by atomic mass is 16.6. The number of carbonyl (C=O) groups is 2. The van der Waals surface area contributed by atoms with Gasteiger partial charge < -0.3 is 19.9 Å². The summed E-state index contributed by atoms with van der Waals surface area (Å²) in [5, 5.41) is 12.2. The molecule has 6 nitrogen and oxygen atoms in total. The van der Waals surface area contributed by atoms with Crippen LogP contribution < -0.4 is 14.8 Å². The molecule has 0 saturated heterocycles. The van der Waals surface area contributed by atoms with Crippen LogP contribution in [0.5, 0.6) is 11.5 Å². The molecule has 0 bridgehead atoms. The molecule has 0 spiro atoms. The van der Waals surface area contributed by atoms with Gasteiger partial charge in [-0.15, -0.1) is 0 Å². The van der Waals surface area contributed by atoms with Crippen molar-refractivity contribution in [2.45, 2.75) is 13.0 Å². The molecule has 2 unspecified atom stereocenters. The summed E-state index contributed by atoms with van der Waals surface area (Å²) in [5.74, 6) is -0.999. The Morgan fingerprint density at radius 1 is 1.04 bits per heavy atom. The zero-order valence-electron chi connectivity index (χ0n) is 13.8. The van der Waals surface area contributed by atoms with Gasteiger partial charge in [0.05, 0.1) is 12.0 Å². The number of hydrogen-bond donors (Lipinski definition) is 2. The van der Waals surface area contributed by atoms with E-state index in [9.17, 15) is 14.7 Å². The van der Waals surface area contributed by atoms with Crippen molar-refractivity contribution >= 4 is 11.9 Å². The molecule has 2 aromatic carbocycles. The fourth-order valence-corrected chi connectivity index (χ4v) is 2.71. The van der Waals surface area contributed by atoms with Crippen LogP contribution in [0, 0.1) is 5.92 Å². The second-order valence-corrected chi connectivity index (χ2v) is 5.85. The van der Waals surface area contributed by atoms with Crippen LogP contribution in [-0.2, 0) is 4.79 Å². The molecule has 25 heavy (non-hydrogen) atoms. The van der Waals surface area contributed by atoms with Crippen molar-refractivity contribution in [3.8, 4) is 11.5 Å². The largest absolute Gasteiger partial charge is 0.486 e. The summed E-state index contributed by atoms with van der Waals surface area (Å²) in [6.45, 7) is 2.48. The first kappa shape index (κ1) is 16.8. The zero-order valence-corrected chi connectivity index (χ0v) is 13.8. The highest BCUT2D eigenvalue weighted by Gasteiger charge is 2.27. The third-order valence-corrected chi connectivity index (χ3v) is 4.14. The van der Waals surface area contributed by atoms with E-state index in [1.54, 1.807) is 37.3 Å². The molecule has 1 heterocycles. The Kier molecular flexibility index (Phi) is 4.88. The Morgan fingerprint density at radius 3 is 2.40 bits per heavy atom. The van der Waals surface area contributed by atoms with E-state index in [4.69, 9.17) is 9.47 Å². The molecule has 6 heteroatoms. The lowest BCUT2D eigenvalue weighted by atomic mass is 9.94. The minimum absolute atomic E-state index is 0.362. The van der Waals surface area contributed by atoms with Crippen LogP contribution in [0.15, 0.2) is 48.5 Å². The van der Waals surface area contributed by atoms with Gasteiger partial charge in [0, 0.05) is 5.56 Å². The van der Waals surface area contributed by atoms with Gasteiger partial charge in [0.2, 0.25) is 0 Å². The van der Waals surface area contributed by atoms with Crippen molar-refractivity contribution in [3.63, 3.8) is 0 Å². The van der Waals surface area contributed by atoms with Gasteiger partial charge in [0.25, 0.3) is 5.91 Å². The van der Waals surface area contributed by atoms with Crippen LogP contribution in [-0.4, -0.2) is 30.2 Å². The van der Waals surface area contributed by atoms with E-state index in [0.29, 0.717) is 30.3 Å². The molecule has 3 rings (SSSR count). The van der Waals surface area contributed by atoms with Crippen molar-refractivity contribution < 1.29 is 24.2 Å². The van der Waals surface area contributed by atoms with E-state index in [0.717, 1.165) is 5.56 Å². The molecule has 1 aliphatic heterocycles. The number of ether oxygens (including phenoxy) is 2. The van der Waals surface area contributed by atoms with Gasteiger partial charge >= 0.3 is 5.97 Å². The lowest BCUT2D eigenvalue weighted by Gasteiger charge is -2.23. The maximum Gasteiger partial charge on any atom is 0.308 e. The Morgan fingerprint density at radius 2 is 1.72 bits per heavy atom. The lowest BCUT2D eigenvalue weighted by molar-refractivity contribution is -0.142. The fraction of sp³-hybridized carbons (Fsp3) is 0.263. The molecule has 0 radical (unpaired) electrons. The van der Waals surface area contributed by atoms with Crippen LogP contribution in [0.25, 0.3) is 0 Å². The van der Waals surface area contributed by atoms with E-state index < -0.39 is 17.9 Å². The third kappa shape index (κ3) is 3.74. The predicted molar refractivity (Wildman–Crippen MR) is 90.9 cm³/mol. The standard InChI is InChI=1S/C19H19NO5/c1-12(19(22)23)17(13-5-3-2-4-6-13)20-18(21)14-7-8-15-16(11-14)25-10-9-24-15/h2-8,11-12,17H,9-10H2,1H3,(H,20,21)(H,22,23). The fourth-order valence-electron chi connectivity index (χ4n) is 2.71. The second kappa shape index (κ2) is 7.25. The summed E-state index contributed by atoms with van der Waals surface area (Å²) in [7, 11) is 0. The number of rotatable bonds is 5. The Labute approximate surface area is 145 Å². The van der Waals surface area contributed by atoms with Crippen molar-refractivity contribution in [1.29, 1.82) is 0 Å². The summed E-state index contributed by atoms with van der Waals surface area (Å²) in [6, 6.07) is 13.4. The van der Waals surface area contributed by atoms with Gasteiger partial charge in [-0.1, -0.05) is 30.3 Å². The quantitative estimate of drug-likeness (QED) is 0.873. The van der Waals surface area contributed by atoms with Crippen LogP contribution in [0.2, 0.25) is 0 Å². The summed E-state index contributed by atoms with van der Waals surface area (Å²) in [5.41, 5.74) is 1.13. The molecule has 130 valence electrons. The van der Waals surface area contributed by atoms with Gasteiger partial charge in [-0.3, -0.25) is 9.59 Å². The minimum atomic E-state index is -0.976. The van der Waals surface area contributed by atoms with Crippen molar-refractivity contribution in [3.05, 3.63) is 59.7 Å². The summed E-state index contributed by atoms with van der Waals surface area (Å²) < 4.78 is 10.9. The first-order chi connectivity index (χ1) is 12.1. The van der Waals surface area contributed by atoms with Crippen molar-refractivity contribution in [1.82, 2.24) is 5.32 Å². The lowest BCUT2D eigenvalue weighted by Crippen LogP contribution is -2.35. The first-order valence-electron chi connectivity index (χ1n) is 8.04. The maximum absolute atomic E-state index is 12.6. The van der Waals surface area contributed by atoms with Gasteiger partial charge in [0.1, 0.15) is 13.2 Å². The molecular formula is C19H19NO5. The monoisotopic (exact) mass is 341 g/mol. The molecule has 0 aromatic heterocycles. The van der Waals surface area contributed by atoms with Crippen LogP contribution in [0.4, 0.5) is 0 Å². The highest BCUT2D eigenvalue weighted by Crippen LogP contribution is 2.31. The average molecular weight is 341 g/mol. The van der Waals surface area contributed by atoms with Crippen LogP contribution in [0.3, 0.4) is 0 Å². The topological polar surface area (TPSA) is 84.9 Å². The van der Waals surface area contributed by atoms with Crippen molar-refractivity contribution in [2.75, 3.05) is 13.2 Å². The normalized spacial score (nSPS) is 15.1. The molecule has 2 N–H and O–H groups in total. The second-order valence-electron chi connectivity index (χ2n) is 5.85. The predicted octanol–water partition coefficient (Wildman–Crippen LogP) is 2.65. The van der Waals surface area contributed by atoms with Gasteiger partial charge in [-0.05, 0) is 30.7 Å². The number of aliphatic carboxylic acids is 1. The number of hydrogen-bond acceptors (Lipinski definition) is 4. The van der Waals surface area contributed by atoms with E-state index in [1.807, 2.05) is 18.2 Å². The summed E-state index contributed by atoms with van der Waals surface area (Å²) >= 11 is 0. The highest BCUT2D eigenvalue weighted by molar-refractivity contribution is 5.95. The molecule has 0 aliphatic carbocycles. The molecule has 2 atom stereocenters. The van der Waals surface area contributed by atoms with Crippen molar-refractivity contribution in [2.24, 2.45) is 5.92 Å². The van der Waals surface area contributed by atoms with E-state index in [1.165, 1.54) is 0 Å². The number of carbonyl (C=O) groups excluding carboxylic acids is 1. The number of nitrogens with one attached hydrogen (secondary N) is 1. The first-order valence-corrected chi connectivity index (χ1v) is 8.04. The molecule has 1 amide bonds. The number of amides is 1. The van der Waals surface area contributed by atoms with E-state index in [2.05, 4.69) is 5.32 Å². The molecule has 1 aliphatic rings. The van der Waals surface area contributed by atoms with Gasteiger partial charge in [-0.25, -0.2) is 0 Å². The summed E-state index contributed by atoms with van der Waals surface area (Å²) in [4.78, 5) is 24.1. The number of carboxylic acid groups (broad SMARTS) is 1. The average Bonchev–Trinajstić information content (AvgIpc) is 2.65. The Balaban J connectivity index is 1.84.